The number of nitrogens with two attached hydrogens (primary N) is 1. The van der Waals surface area contributed by atoms with E-state index in [9.17, 15) is 0 Å². The maximum absolute atomic E-state index is 5.84. The number of nitrogens with zero attached hydrogens (tertiary/aromatic N) is 1. The average Bonchev–Trinajstić information content (AvgIpc) is 2.35. The van der Waals surface area contributed by atoms with Crippen LogP contribution in [0, 0.1) is 6.92 Å². The summed E-state index contributed by atoms with van der Waals surface area (Å²) in [6.45, 7) is 4.15. The quantitative estimate of drug-likeness (QED) is 0.923. The van der Waals surface area contributed by atoms with Crippen molar-refractivity contribution in [3.63, 3.8) is 0 Å². The first-order valence-electron chi connectivity index (χ1n) is 6.19. The third kappa shape index (κ3) is 4.23. The van der Waals surface area contributed by atoms with Crippen LogP contribution in [0.15, 0.2) is 46.5 Å². The molecule has 0 saturated carbocycles. The van der Waals surface area contributed by atoms with Gasteiger partial charge in [-0.3, -0.25) is 0 Å². The van der Waals surface area contributed by atoms with Crippen LogP contribution in [0.1, 0.15) is 18.1 Å². The van der Waals surface area contributed by atoms with Crippen LogP contribution in [0.5, 0.6) is 0 Å². The van der Waals surface area contributed by atoms with E-state index in [4.69, 9.17) is 17.3 Å². The van der Waals surface area contributed by atoms with E-state index < -0.39 is 0 Å². The van der Waals surface area contributed by atoms with E-state index in [0.717, 1.165) is 11.4 Å². The molecule has 1 unspecified atom stereocenters. The first-order chi connectivity index (χ1) is 9.04. The number of rotatable bonds is 4. The molecule has 0 aliphatic rings. The Bertz CT molecular complexity index is 553. The minimum atomic E-state index is 0.190. The Balaban J connectivity index is 2.13. The number of hydrogen-bond donors (Lipinski definition) is 1. The summed E-state index contributed by atoms with van der Waals surface area (Å²) < 4.78 is 0. The molecule has 0 aliphatic carbocycles. The fourth-order valence-corrected chi connectivity index (χ4v) is 2.82. The summed E-state index contributed by atoms with van der Waals surface area (Å²) in [6.07, 6.45) is 2.58. The van der Waals surface area contributed by atoms with Gasteiger partial charge in [0.1, 0.15) is 5.03 Å². The van der Waals surface area contributed by atoms with E-state index in [1.165, 1.54) is 16.0 Å². The van der Waals surface area contributed by atoms with Gasteiger partial charge in [0.2, 0.25) is 0 Å². The normalized spacial score (nSPS) is 12.4. The third-order valence-electron chi connectivity index (χ3n) is 2.78. The summed E-state index contributed by atoms with van der Waals surface area (Å²) >= 11 is 7.46. The van der Waals surface area contributed by atoms with Crippen LogP contribution in [0.3, 0.4) is 0 Å². The van der Waals surface area contributed by atoms with Gasteiger partial charge in [0, 0.05) is 17.1 Å². The van der Waals surface area contributed by atoms with Crippen molar-refractivity contribution >= 4 is 23.4 Å². The Morgan fingerprint density at radius 2 is 2.11 bits per heavy atom. The maximum atomic E-state index is 5.84. The topological polar surface area (TPSA) is 38.9 Å². The molecule has 0 amide bonds. The van der Waals surface area contributed by atoms with Gasteiger partial charge in [0.25, 0.3) is 0 Å². The molecule has 1 aromatic carbocycles. The molecule has 1 atom stereocenters. The van der Waals surface area contributed by atoms with E-state index in [0.29, 0.717) is 5.02 Å². The monoisotopic (exact) mass is 292 g/mol. The average molecular weight is 293 g/mol. The first-order valence-corrected chi connectivity index (χ1v) is 7.38. The zero-order chi connectivity index (χ0) is 13.8. The first kappa shape index (κ1) is 14.4. The summed E-state index contributed by atoms with van der Waals surface area (Å²) in [5.41, 5.74) is 8.42. The van der Waals surface area contributed by atoms with Crippen LogP contribution in [-0.2, 0) is 6.42 Å². The fourth-order valence-electron chi connectivity index (χ4n) is 1.85. The van der Waals surface area contributed by atoms with E-state index >= 15 is 0 Å². The Morgan fingerprint density at radius 1 is 1.32 bits per heavy atom. The van der Waals surface area contributed by atoms with Crippen LogP contribution in [-0.4, -0.2) is 11.0 Å². The molecule has 0 fully saturated rings. The lowest BCUT2D eigenvalue weighted by atomic mass is 10.0. The molecule has 1 heterocycles. The summed E-state index contributed by atoms with van der Waals surface area (Å²) in [5.74, 6) is 0. The second-order valence-electron chi connectivity index (χ2n) is 4.69. The lowest BCUT2D eigenvalue weighted by Gasteiger charge is -2.10. The zero-order valence-electron chi connectivity index (χ0n) is 11.1. The van der Waals surface area contributed by atoms with Crippen LogP contribution in [0.4, 0.5) is 0 Å². The molecule has 0 aliphatic heterocycles. The molecule has 0 spiro atoms. The van der Waals surface area contributed by atoms with Gasteiger partial charge in [-0.1, -0.05) is 29.4 Å². The number of aryl methyl sites for hydroxylation is 1. The Morgan fingerprint density at radius 3 is 2.68 bits per heavy atom. The van der Waals surface area contributed by atoms with Crippen molar-refractivity contribution in [1.82, 2.24) is 4.98 Å². The van der Waals surface area contributed by atoms with Gasteiger partial charge in [-0.25, -0.2) is 4.98 Å². The van der Waals surface area contributed by atoms with Crippen molar-refractivity contribution in [3.05, 3.63) is 52.7 Å². The van der Waals surface area contributed by atoms with E-state index in [1.807, 2.05) is 19.1 Å². The summed E-state index contributed by atoms with van der Waals surface area (Å²) in [5, 5.41) is 1.61. The van der Waals surface area contributed by atoms with Gasteiger partial charge >= 0.3 is 0 Å². The number of pyridine rings is 1. The summed E-state index contributed by atoms with van der Waals surface area (Å²) in [7, 11) is 0. The largest absolute Gasteiger partial charge is 0.328 e. The smallest absolute Gasteiger partial charge is 0.101 e. The van der Waals surface area contributed by atoms with E-state index in [2.05, 4.69) is 30.1 Å². The SMILES string of the molecule is Cc1cc(Sc2ccc(Cl)cn2)ccc1CC(C)N. The highest BCUT2D eigenvalue weighted by atomic mass is 35.5. The molecule has 2 rings (SSSR count). The van der Waals surface area contributed by atoms with Gasteiger partial charge in [-0.2, -0.15) is 0 Å². The molecule has 0 saturated heterocycles. The van der Waals surface area contributed by atoms with Gasteiger partial charge < -0.3 is 5.73 Å². The van der Waals surface area contributed by atoms with Crippen molar-refractivity contribution in [2.45, 2.75) is 36.2 Å². The minimum absolute atomic E-state index is 0.190. The highest BCUT2D eigenvalue weighted by Crippen LogP contribution is 2.28. The van der Waals surface area contributed by atoms with Crippen molar-refractivity contribution < 1.29 is 0 Å². The molecule has 2 nitrogen and oxygen atoms in total. The van der Waals surface area contributed by atoms with E-state index in [-0.39, 0.29) is 6.04 Å². The van der Waals surface area contributed by atoms with Gasteiger partial charge in [-0.15, -0.1) is 0 Å². The Kier molecular flexibility index (Phi) is 4.86. The van der Waals surface area contributed by atoms with Gasteiger partial charge in [0.05, 0.1) is 5.02 Å². The number of aromatic nitrogens is 1. The fraction of sp³-hybridized carbons (Fsp3) is 0.267. The number of hydrogen-bond acceptors (Lipinski definition) is 3. The van der Waals surface area contributed by atoms with E-state index in [1.54, 1.807) is 18.0 Å². The minimum Gasteiger partial charge on any atom is -0.328 e. The van der Waals surface area contributed by atoms with Crippen molar-refractivity contribution in [1.29, 1.82) is 0 Å². The second kappa shape index (κ2) is 6.42. The molecule has 100 valence electrons. The predicted octanol–water partition coefficient (Wildman–Crippen LogP) is 4.08. The van der Waals surface area contributed by atoms with Crippen molar-refractivity contribution in [3.8, 4) is 0 Å². The molecular weight excluding hydrogens is 276 g/mol. The van der Waals surface area contributed by atoms with Gasteiger partial charge in [0.15, 0.2) is 0 Å². The van der Waals surface area contributed by atoms with Crippen molar-refractivity contribution in [2.75, 3.05) is 0 Å². The molecule has 1 aromatic heterocycles. The molecular formula is C15H17ClN2S. The van der Waals surface area contributed by atoms with Crippen molar-refractivity contribution in [2.24, 2.45) is 5.73 Å². The highest BCUT2D eigenvalue weighted by molar-refractivity contribution is 7.99. The Labute approximate surface area is 123 Å². The Hall–Kier alpha value is -1.03. The molecule has 0 bridgehead atoms. The van der Waals surface area contributed by atoms with Crippen LogP contribution in [0.25, 0.3) is 0 Å². The van der Waals surface area contributed by atoms with Crippen LogP contribution >= 0.6 is 23.4 Å². The molecule has 19 heavy (non-hydrogen) atoms. The maximum Gasteiger partial charge on any atom is 0.101 e. The number of halogens is 1. The molecule has 4 heteroatoms. The zero-order valence-corrected chi connectivity index (χ0v) is 12.6. The molecule has 2 aromatic rings. The lowest BCUT2D eigenvalue weighted by Crippen LogP contribution is -2.18. The molecule has 0 radical (unpaired) electrons. The van der Waals surface area contributed by atoms with Crippen LogP contribution < -0.4 is 5.73 Å². The lowest BCUT2D eigenvalue weighted by molar-refractivity contribution is 0.734. The summed E-state index contributed by atoms with van der Waals surface area (Å²) in [4.78, 5) is 5.47. The molecule has 2 N–H and O–H groups in total. The third-order valence-corrected chi connectivity index (χ3v) is 3.94. The summed E-state index contributed by atoms with van der Waals surface area (Å²) in [6, 6.07) is 10.4. The highest BCUT2D eigenvalue weighted by Gasteiger charge is 2.05. The van der Waals surface area contributed by atoms with Gasteiger partial charge in [-0.05, 0) is 55.7 Å². The van der Waals surface area contributed by atoms with Crippen LogP contribution in [0.2, 0.25) is 5.02 Å². The second-order valence-corrected chi connectivity index (χ2v) is 6.22. The standard InChI is InChI=1S/C15H17ClN2S/c1-10-7-14(5-3-12(10)8-11(2)17)19-15-6-4-13(16)9-18-15/h3-7,9,11H,8,17H2,1-2H3. The number of benzene rings is 1. The predicted molar refractivity (Wildman–Crippen MR) is 81.9 cm³/mol.